The third kappa shape index (κ3) is 5.10. The van der Waals surface area contributed by atoms with Crippen LogP contribution < -0.4 is 4.90 Å². The quantitative estimate of drug-likeness (QED) is 0.300. The Labute approximate surface area is 200 Å². The molecule has 1 aliphatic rings. The van der Waals surface area contributed by atoms with E-state index in [0.717, 1.165) is 22.5 Å². The fourth-order valence-electron chi connectivity index (χ4n) is 3.63. The molecule has 1 aromatic carbocycles. The molecule has 3 heterocycles. The number of aryl methyl sites for hydroxylation is 1. The van der Waals surface area contributed by atoms with Gasteiger partial charge in [-0.1, -0.05) is 24.8 Å². The Hall–Kier alpha value is -3.16. The van der Waals surface area contributed by atoms with E-state index in [9.17, 15) is 9.59 Å². The van der Waals surface area contributed by atoms with E-state index in [0.29, 0.717) is 42.5 Å². The van der Waals surface area contributed by atoms with Crippen molar-refractivity contribution in [3.8, 4) is 6.07 Å². The van der Waals surface area contributed by atoms with Crippen molar-refractivity contribution in [3.05, 3.63) is 46.3 Å². The Bertz CT molecular complexity index is 1230. The maximum Gasteiger partial charge on any atom is 0.316 e. The minimum Gasteiger partial charge on any atom is -0.468 e. The number of piperazine rings is 1. The van der Waals surface area contributed by atoms with Gasteiger partial charge in [-0.25, -0.2) is 9.97 Å². The first kappa shape index (κ1) is 23.0. The van der Waals surface area contributed by atoms with Gasteiger partial charge in [0.05, 0.1) is 29.9 Å². The third-order valence-electron chi connectivity index (χ3n) is 5.40. The maximum absolute atomic E-state index is 12.9. The van der Waals surface area contributed by atoms with Crippen molar-refractivity contribution >= 4 is 51.0 Å². The molecule has 0 bridgehead atoms. The summed E-state index contributed by atoms with van der Waals surface area (Å²) in [5.41, 5.74) is 1.00. The van der Waals surface area contributed by atoms with Crippen LogP contribution in [0, 0.1) is 11.3 Å². The molecule has 0 aliphatic carbocycles. The fraction of sp³-hybridized carbons (Fsp3) is 0.348. The van der Waals surface area contributed by atoms with Gasteiger partial charge in [-0.05, 0) is 30.7 Å². The SMILES string of the molecule is CCc1cc2c(N3CCN(C(=O)c4cccc(C#N)c4)CC3)nc(SCC(=O)OC)nc2s1. The second kappa shape index (κ2) is 10.2. The molecule has 0 spiro atoms. The molecule has 1 fully saturated rings. The summed E-state index contributed by atoms with van der Waals surface area (Å²) in [5.74, 6) is 0.593. The number of thioether (sulfide) groups is 1. The molecule has 10 heteroatoms. The molecule has 0 atom stereocenters. The Kier molecular flexibility index (Phi) is 7.11. The van der Waals surface area contributed by atoms with Gasteiger partial charge in [-0.3, -0.25) is 9.59 Å². The zero-order valence-corrected chi connectivity index (χ0v) is 20.0. The van der Waals surface area contributed by atoms with Gasteiger partial charge in [0.1, 0.15) is 10.6 Å². The molecule has 1 aliphatic heterocycles. The van der Waals surface area contributed by atoms with E-state index in [1.54, 1.807) is 35.6 Å². The van der Waals surface area contributed by atoms with Gasteiger partial charge < -0.3 is 14.5 Å². The number of methoxy groups -OCH3 is 1. The molecular weight excluding hydrogens is 458 g/mol. The van der Waals surface area contributed by atoms with E-state index in [1.165, 1.54) is 23.7 Å². The maximum atomic E-state index is 12.9. The lowest BCUT2D eigenvalue weighted by atomic mass is 10.1. The Balaban J connectivity index is 1.54. The summed E-state index contributed by atoms with van der Waals surface area (Å²) in [7, 11) is 1.36. The number of esters is 1. The summed E-state index contributed by atoms with van der Waals surface area (Å²) in [5, 5.41) is 10.6. The topological polar surface area (TPSA) is 99.4 Å². The van der Waals surface area contributed by atoms with Crippen LogP contribution in [-0.2, 0) is 16.0 Å². The molecule has 4 rings (SSSR count). The number of nitrogens with zero attached hydrogens (tertiary/aromatic N) is 5. The van der Waals surface area contributed by atoms with Gasteiger partial charge in [-0.15, -0.1) is 11.3 Å². The number of nitriles is 1. The molecule has 0 unspecified atom stereocenters. The zero-order valence-electron chi connectivity index (χ0n) is 18.4. The molecule has 2 aromatic heterocycles. The lowest BCUT2D eigenvalue weighted by molar-refractivity contribution is -0.137. The number of ether oxygens (including phenoxy) is 1. The van der Waals surface area contributed by atoms with Crippen molar-refractivity contribution in [2.75, 3.05) is 43.9 Å². The highest BCUT2D eigenvalue weighted by molar-refractivity contribution is 7.99. The lowest BCUT2D eigenvalue weighted by Crippen LogP contribution is -2.49. The molecule has 33 heavy (non-hydrogen) atoms. The Morgan fingerprint density at radius 2 is 2.00 bits per heavy atom. The van der Waals surface area contributed by atoms with Gasteiger partial charge in [0.2, 0.25) is 0 Å². The number of amides is 1. The number of benzene rings is 1. The van der Waals surface area contributed by atoms with Crippen LogP contribution >= 0.6 is 23.1 Å². The number of fused-ring (bicyclic) bond motifs is 1. The van der Waals surface area contributed by atoms with Crippen molar-refractivity contribution in [3.63, 3.8) is 0 Å². The van der Waals surface area contributed by atoms with Gasteiger partial charge in [0.15, 0.2) is 5.16 Å². The first-order chi connectivity index (χ1) is 16.0. The Morgan fingerprint density at radius 1 is 1.21 bits per heavy atom. The predicted molar refractivity (Wildman–Crippen MR) is 129 cm³/mol. The standard InChI is InChI=1S/C23H23N5O3S2/c1-3-17-12-18-20(25-23(26-21(18)33-17)32-14-19(29)31-2)27-7-9-28(10-8-27)22(30)16-6-4-5-15(11-16)13-24/h4-6,11-12H,3,7-10,14H2,1-2H3. The number of anilines is 1. The monoisotopic (exact) mass is 481 g/mol. The van der Waals surface area contributed by atoms with E-state index in [-0.39, 0.29) is 17.6 Å². The van der Waals surface area contributed by atoms with Gasteiger partial charge in [0, 0.05) is 36.6 Å². The van der Waals surface area contributed by atoms with Crippen LogP contribution in [0.5, 0.6) is 0 Å². The number of aromatic nitrogens is 2. The molecule has 170 valence electrons. The third-order valence-corrected chi connectivity index (χ3v) is 7.40. The summed E-state index contributed by atoms with van der Waals surface area (Å²) in [6.07, 6.45) is 0.912. The summed E-state index contributed by atoms with van der Waals surface area (Å²) in [4.78, 5) is 40.0. The summed E-state index contributed by atoms with van der Waals surface area (Å²) in [6.45, 7) is 4.48. The van der Waals surface area contributed by atoms with Crippen LogP contribution in [0.15, 0.2) is 35.5 Å². The van der Waals surface area contributed by atoms with E-state index >= 15 is 0 Å². The second-order valence-corrected chi connectivity index (χ2v) is 9.51. The number of carbonyl (C=O) groups excluding carboxylic acids is 2. The number of thiophene rings is 1. The first-order valence-electron chi connectivity index (χ1n) is 10.6. The fourth-order valence-corrected chi connectivity index (χ4v) is 5.32. The number of hydrogen-bond donors (Lipinski definition) is 0. The van der Waals surface area contributed by atoms with E-state index < -0.39 is 0 Å². The summed E-state index contributed by atoms with van der Waals surface area (Å²) < 4.78 is 4.73. The van der Waals surface area contributed by atoms with Crippen molar-refractivity contribution in [2.24, 2.45) is 0 Å². The van der Waals surface area contributed by atoms with Crippen LogP contribution in [-0.4, -0.2) is 65.8 Å². The predicted octanol–water partition coefficient (Wildman–Crippen LogP) is 3.35. The normalized spacial score (nSPS) is 13.7. The highest BCUT2D eigenvalue weighted by Crippen LogP contribution is 2.34. The van der Waals surface area contributed by atoms with Gasteiger partial charge in [-0.2, -0.15) is 5.26 Å². The van der Waals surface area contributed by atoms with Crippen LogP contribution in [0.4, 0.5) is 5.82 Å². The molecule has 3 aromatic rings. The highest BCUT2D eigenvalue weighted by Gasteiger charge is 2.25. The summed E-state index contributed by atoms with van der Waals surface area (Å²) >= 11 is 2.90. The van der Waals surface area contributed by atoms with Gasteiger partial charge >= 0.3 is 5.97 Å². The van der Waals surface area contributed by atoms with Crippen LogP contribution in [0.3, 0.4) is 0 Å². The summed E-state index contributed by atoms with van der Waals surface area (Å²) in [6, 6.07) is 11.0. The van der Waals surface area contributed by atoms with Crippen molar-refractivity contribution < 1.29 is 14.3 Å². The first-order valence-corrected chi connectivity index (χ1v) is 12.4. The zero-order chi connectivity index (χ0) is 23.4. The largest absolute Gasteiger partial charge is 0.468 e. The van der Waals surface area contributed by atoms with Gasteiger partial charge in [0.25, 0.3) is 5.91 Å². The van der Waals surface area contributed by atoms with Crippen molar-refractivity contribution in [2.45, 2.75) is 18.5 Å². The number of carbonyl (C=O) groups is 2. The Morgan fingerprint density at radius 3 is 2.70 bits per heavy atom. The minimum absolute atomic E-state index is 0.0716. The average molecular weight is 482 g/mol. The minimum atomic E-state index is -0.321. The van der Waals surface area contributed by atoms with Crippen molar-refractivity contribution in [1.29, 1.82) is 5.26 Å². The molecule has 0 radical (unpaired) electrons. The molecule has 1 amide bonds. The van der Waals surface area contributed by atoms with E-state index in [1.807, 2.05) is 4.90 Å². The highest BCUT2D eigenvalue weighted by atomic mass is 32.2. The second-order valence-electron chi connectivity index (χ2n) is 7.45. The van der Waals surface area contributed by atoms with E-state index in [4.69, 9.17) is 15.0 Å². The lowest BCUT2D eigenvalue weighted by Gasteiger charge is -2.35. The average Bonchev–Trinajstić information content (AvgIpc) is 3.29. The molecule has 0 saturated carbocycles. The molecule has 1 saturated heterocycles. The smallest absolute Gasteiger partial charge is 0.316 e. The van der Waals surface area contributed by atoms with Crippen molar-refractivity contribution in [1.82, 2.24) is 14.9 Å². The van der Waals surface area contributed by atoms with Crippen LogP contribution in [0.25, 0.3) is 10.2 Å². The van der Waals surface area contributed by atoms with Crippen LogP contribution in [0.1, 0.15) is 27.7 Å². The number of rotatable bonds is 6. The molecule has 8 nitrogen and oxygen atoms in total. The van der Waals surface area contributed by atoms with E-state index in [2.05, 4.69) is 28.9 Å². The number of hydrogen-bond acceptors (Lipinski definition) is 9. The van der Waals surface area contributed by atoms with Crippen LogP contribution in [0.2, 0.25) is 0 Å². The molecular formula is C23H23N5O3S2. The molecule has 0 N–H and O–H groups in total.